The number of rotatable bonds is 5. The molecule has 0 aromatic carbocycles. The van der Waals surface area contributed by atoms with Crippen LogP contribution in [0.4, 0.5) is 0 Å². The normalized spacial score (nSPS) is 22.4. The second kappa shape index (κ2) is 6.12. The zero-order chi connectivity index (χ0) is 13.8. The average Bonchev–Trinajstić information content (AvgIpc) is 3.05. The van der Waals surface area contributed by atoms with E-state index in [1.54, 1.807) is 15.8 Å². The molecule has 104 valence electrons. The van der Waals surface area contributed by atoms with Crippen molar-refractivity contribution in [2.24, 2.45) is 5.92 Å². The van der Waals surface area contributed by atoms with E-state index in [1.807, 2.05) is 6.92 Å². The van der Waals surface area contributed by atoms with Gasteiger partial charge in [0, 0.05) is 11.9 Å². The van der Waals surface area contributed by atoms with Crippen molar-refractivity contribution in [2.75, 3.05) is 19.8 Å². The first-order valence-corrected chi connectivity index (χ1v) is 7.09. The quantitative estimate of drug-likeness (QED) is 0.875. The van der Waals surface area contributed by atoms with E-state index < -0.39 is 17.9 Å². The molecular weight excluding hydrogens is 268 g/mol. The molecule has 6 nitrogen and oxygen atoms in total. The second-order valence-corrected chi connectivity index (χ2v) is 5.14. The topological polar surface area (TPSA) is 79.7 Å². The minimum Gasteiger partial charge on any atom is -0.481 e. The minimum atomic E-state index is -0.922. The highest BCUT2D eigenvalue weighted by Crippen LogP contribution is 2.22. The zero-order valence-corrected chi connectivity index (χ0v) is 11.4. The van der Waals surface area contributed by atoms with Crippen molar-refractivity contribution in [1.82, 2.24) is 9.88 Å². The maximum atomic E-state index is 12.4. The Kier molecular flexibility index (Phi) is 4.49. The standard InChI is InChI=1S/C12H16N2O4S/c1-2-3-14(11(15)9-6-19-7-13-9)10-5-18-4-8(10)12(16)17/h6-8,10H,2-5H2,1H3,(H,16,17). The number of hydrogen-bond acceptors (Lipinski definition) is 5. The van der Waals surface area contributed by atoms with Crippen molar-refractivity contribution >= 4 is 23.2 Å². The number of amides is 1. The van der Waals surface area contributed by atoms with Crippen molar-refractivity contribution in [1.29, 1.82) is 0 Å². The van der Waals surface area contributed by atoms with E-state index in [0.717, 1.165) is 6.42 Å². The van der Waals surface area contributed by atoms with Crippen molar-refractivity contribution in [3.05, 3.63) is 16.6 Å². The zero-order valence-electron chi connectivity index (χ0n) is 10.6. The number of nitrogens with zero attached hydrogens (tertiary/aromatic N) is 2. The molecule has 2 heterocycles. The van der Waals surface area contributed by atoms with E-state index in [9.17, 15) is 14.7 Å². The second-order valence-electron chi connectivity index (χ2n) is 4.42. The number of carbonyl (C=O) groups is 2. The number of carbonyl (C=O) groups excluding carboxylic acids is 1. The van der Waals surface area contributed by atoms with Crippen LogP contribution in [0.3, 0.4) is 0 Å². The molecule has 0 aliphatic carbocycles. The lowest BCUT2D eigenvalue weighted by Crippen LogP contribution is -2.47. The lowest BCUT2D eigenvalue weighted by molar-refractivity contribution is -0.142. The van der Waals surface area contributed by atoms with Gasteiger partial charge in [-0.1, -0.05) is 6.92 Å². The molecule has 1 aliphatic heterocycles. The van der Waals surface area contributed by atoms with E-state index in [0.29, 0.717) is 12.2 Å². The van der Waals surface area contributed by atoms with Gasteiger partial charge in [-0.3, -0.25) is 9.59 Å². The molecule has 1 fully saturated rings. The number of aliphatic carboxylic acids is 1. The molecule has 1 aromatic rings. The fraction of sp³-hybridized carbons (Fsp3) is 0.583. The number of aromatic nitrogens is 1. The molecule has 0 radical (unpaired) electrons. The minimum absolute atomic E-state index is 0.157. The van der Waals surface area contributed by atoms with Gasteiger partial charge in [0.2, 0.25) is 0 Å². The first kappa shape index (κ1) is 14.0. The highest BCUT2D eigenvalue weighted by atomic mass is 32.1. The summed E-state index contributed by atoms with van der Waals surface area (Å²) >= 11 is 1.35. The predicted octanol–water partition coefficient (Wildman–Crippen LogP) is 1.09. The number of ether oxygens (including phenoxy) is 1. The molecule has 1 amide bonds. The van der Waals surface area contributed by atoms with Crippen LogP contribution in [0.15, 0.2) is 10.9 Å². The highest BCUT2D eigenvalue weighted by Gasteiger charge is 2.40. The summed E-state index contributed by atoms with van der Waals surface area (Å²) in [5.74, 6) is -1.80. The van der Waals surface area contributed by atoms with Gasteiger partial charge < -0.3 is 14.7 Å². The third-order valence-corrected chi connectivity index (χ3v) is 3.73. The van der Waals surface area contributed by atoms with Gasteiger partial charge in [-0.15, -0.1) is 11.3 Å². The fourth-order valence-electron chi connectivity index (χ4n) is 2.21. The third kappa shape index (κ3) is 2.93. The van der Waals surface area contributed by atoms with Crippen LogP contribution in [-0.2, 0) is 9.53 Å². The van der Waals surface area contributed by atoms with Gasteiger partial charge in [0.1, 0.15) is 11.6 Å². The van der Waals surface area contributed by atoms with Gasteiger partial charge >= 0.3 is 5.97 Å². The smallest absolute Gasteiger partial charge is 0.311 e. The molecule has 1 N–H and O–H groups in total. The third-order valence-electron chi connectivity index (χ3n) is 3.14. The molecule has 0 saturated carbocycles. The summed E-state index contributed by atoms with van der Waals surface area (Å²) in [6.07, 6.45) is 0.763. The van der Waals surface area contributed by atoms with E-state index in [4.69, 9.17) is 4.74 Å². The Labute approximate surface area is 115 Å². The maximum Gasteiger partial charge on any atom is 0.311 e. The van der Waals surface area contributed by atoms with Crippen LogP contribution in [0.5, 0.6) is 0 Å². The summed E-state index contributed by atoms with van der Waals surface area (Å²) in [6.45, 7) is 2.89. The summed E-state index contributed by atoms with van der Waals surface area (Å²) in [6, 6.07) is -0.411. The van der Waals surface area contributed by atoms with Gasteiger partial charge in [0.15, 0.2) is 0 Å². The molecule has 7 heteroatoms. The van der Waals surface area contributed by atoms with Crippen LogP contribution in [0, 0.1) is 5.92 Å². The lowest BCUT2D eigenvalue weighted by Gasteiger charge is -2.29. The predicted molar refractivity (Wildman–Crippen MR) is 69.2 cm³/mol. The number of hydrogen-bond donors (Lipinski definition) is 1. The summed E-state index contributed by atoms with van der Waals surface area (Å²) < 4.78 is 5.23. The molecule has 19 heavy (non-hydrogen) atoms. The Morgan fingerprint density at radius 1 is 1.58 bits per heavy atom. The van der Waals surface area contributed by atoms with Gasteiger partial charge in [-0.25, -0.2) is 4.98 Å². The Morgan fingerprint density at radius 3 is 2.95 bits per heavy atom. The SMILES string of the molecule is CCCN(C(=O)c1cscn1)C1COCC1C(=O)O. The molecule has 2 atom stereocenters. The molecule has 1 aliphatic rings. The summed E-state index contributed by atoms with van der Waals surface area (Å²) in [5.41, 5.74) is 1.96. The van der Waals surface area contributed by atoms with Crippen molar-refractivity contribution in [3.63, 3.8) is 0 Å². The Balaban J connectivity index is 2.20. The van der Waals surface area contributed by atoms with Crippen molar-refractivity contribution in [2.45, 2.75) is 19.4 Å². The van der Waals surface area contributed by atoms with Gasteiger partial charge in [0.25, 0.3) is 5.91 Å². The summed E-state index contributed by atoms with van der Waals surface area (Å²) in [5, 5.41) is 10.9. The number of carboxylic acid groups (broad SMARTS) is 1. The lowest BCUT2D eigenvalue weighted by atomic mass is 10.0. The van der Waals surface area contributed by atoms with Crippen LogP contribution in [0.2, 0.25) is 0 Å². The summed E-state index contributed by atoms with van der Waals surface area (Å²) in [7, 11) is 0. The van der Waals surface area contributed by atoms with E-state index >= 15 is 0 Å². The molecule has 0 spiro atoms. The van der Waals surface area contributed by atoms with E-state index in [1.165, 1.54) is 11.3 Å². The first-order chi connectivity index (χ1) is 9.15. The monoisotopic (exact) mass is 284 g/mol. The molecular formula is C12H16N2O4S. The van der Waals surface area contributed by atoms with Crippen LogP contribution in [0.25, 0.3) is 0 Å². The molecule has 0 bridgehead atoms. The summed E-state index contributed by atoms with van der Waals surface area (Å²) in [4.78, 5) is 29.2. The average molecular weight is 284 g/mol. The molecule has 1 saturated heterocycles. The van der Waals surface area contributed by atoms with Gasteiger partial charge in [0.05, 0.1) is 24.8 Å². The number of carboxylic acids is 1. The molecule has 2 unspecified atom stereocenters. The Bertz CT molecular complexity index is 449. The largest absolute Gasteiger partial charge is 0.481 e. The van der Waals surface area contributed by atoms with Crippen LogP contribution < -0.4 is 0 Å². The fourth-order valence-corrected chi connectivity index (χ4v) is 2.74. The van der Waals surface area contributed by atoms with E-state index in [-0.39, 0.29) is 19.1 Å². The Hall–Kier alpha value is -1.47. The number of thiazole rings is 1. The molecule has 1 aromatic heterocycles. The first-order valence-electron chi connectivity index (χ1n) is 6.14. The van der Waals surface area contributed by atoms with Crippen LogP contribution in [-0.4, -0.2) is 52.7 Å². The van der Waals surface area contributed by atoms with Crippen molar-refractivity contribution < 1.29 is 19.4 Å². The van der Waals surface area contributed by atoms with Crippen molar-refractivity contribution in [3.8, 4) is 0 Å². The Morgan fingerprint density at radius 2 is 2.37 bits per heavy atom. The van der Waals surface area contributed by atoms with E-state index in [2.05, 4.69) is 4.98 Å². The van der Waals surface area contributed by atoms with Crippen LogP contribution >= 0.6 is 11.3 Å². The molecule has 2 rings (SSSR count). The maximum absolute atomic E-state index is 12.4. The van der Waals surface area contributed by atoms with Gasteiger partial charge in [-0.2, -0.15) is 0 Å². The van der Waals surface area contributed by atoms with Gasteiger partial charge in [-0.05, 0) is 6.42 Å². The van der Waals surface area contributed by atoms with Crippen LogP contribution in [0.1, 0.15) is 23.8 Å². The highest BCUT2D eigenvalue weighted by molar-refractivity contribution is 7.07.